The number of hydrogen-bond donors (Lipinski definition) is 1. The molecule has 21 heavy (non-hydrogen) atoms. The van der Waals surface area contributed by atoms with E-state index in [9.17, 15) is 4.79 Å². The number of carbonyl (C=O) groups is 1. The summed E-state index contributed by atoms with van der Waals surface area (Å²) in [6, 6.07) is 0. The van der Waals surface area contributed by atoms with Gasteiger partial charge < -0.3 is 14.4 Å². The molecule has 2 aromatic heterocycles. The van der Waals surface area contributed by atoms with Gasteiger partial charge in [0.1, 0.15) is 5.69 Å². The van der Waals surface area contributed by atoms with Crippen LogP contribution in [0.15, 0.2) is 17.0 Å². The highest BCUT2D eigenvalue weighted by Crippen LogP contribution is 2.26. The predicted octanol–water partition coefficient (Wildman–Crippen LogP) is 1.94. The summed E-state index contributed by atoms with van der Waals surface area (Å²) in [5.74, 6) is 1.70. The summed E-state index contributed by atoms with van der Waals surface area (Å²) in [4.78, 5) is 25.4. The molecule has 0 spiro atoms. The number of likely N-dealkylation sites (tertiary alicyclic amines) is 1. The van der Waals surface area contributed by atoms with Gasteiger partial charge in [0.2, 0.25) is 5.89 Å². The number of hydrogen-bond acceptors (Lipinski definition) is 5. The normalized spacial score (nSPS) is 19.2. The van der Waals surface area contributed by atoms with E-state index < -0.39 is 0 Å². The molecular formula is C14H19N5O2. The Kier molecular flexibility index (Phi) is 3.72. The molecule has 112 valence electrons. The van der Waals surface area contributed by atoms with E-state index in [4.69, 9.17) is 4.52 Å². The van der Waals surface area contributed by atoms with Crippen molar-refractivity contribution in [1.29, 1.82) is 0 Å². The molecule has 1 aliphatic rings. The second-order valence-electron chi connectivity index (χ2n) is 5.70. The number of nitrogens with one attached hydrogen (secondary N) is 1. The van der Waals surface area contributed by atoms with Crippen LogP contribution in [0.3, 0.4) is 0 Å². The molecule has 0 aliphatic carbocycles. The lowest BCUT2D eigenvalue weighted by atomic mass is 9.97. The first-order valence-electron chi connectivity index (χ1n) is 7.26. The first-order chi connectivity index (χ1) is 10.1. The van der Waals surface area contributed by atoms with E-state index in [-0.39, 0.29) is 17.7 Å². The monoisotopic (exact) mass is 289 g/mol. The number of imidazole rings is 1. The number of H-pyrrole nitrogens is 1. The van der Waals surface area contributed by atoms with Crippen LogP contribution in [0.5, 0.6) is 0 Å². The first kappa shape index (κ1) is 13.8. The highest BCUT2D eigenvalue weighted by molar-refractivity contribution is 5.92. The quantitative estimate of drug-likeness (QED) is 0.932. The van der Waals surface area contributed by atoms with Crippen molar-refractivity contribution in [2.75, 3.05) is 13.1 Å². The van der Waals surface area contributed by atoms with Crippen molar-refractivity contribution in [3.8, 4) is 0 Å². The Labute approximate surface area is 122 Å². The van der Waals surface area contributed by atoms with Crippen LogP contribution in [0.1, 0.15) is 60.7 Å². The summed E-state index contributed by atoms with van der Waals surface area (Å²) in [6.45, 7) is 5.41. The molecule has 7 nitrogen and oxygen atoms in total. The van der Waals surface area contributed by atoms with Gasteiger partial charge in [-0.2, -0.15) is 4.98 Å². The van der Waals surface area contributed by atoms with Crippen LogP contribution in [0.2, 0.25) is 0 Å². The van der Waals surface area contributed by atoms with E-state index in [0.29, 0.717) is 24.0 Å². The van der Waals surface area contributed by atoms with Gasteiger partial charge in [0.05, 0.1) is 12.5 Å². The molecule has 3 rings (SSSR count). The van der Waals surface area contributed by atoms with Crippen molar-refractivity contribution in [2.24, 2.45) is 0 Å². The Morgan fingerprint density at radius 3 is 3.05 bits per heavy atom. The van der Waals surface area contributed by atoms with E-state index in [1.54, 1.807) is 6.20 Å². The smallest absolute Gasteiger partial charge is 0.271 e. The molecule has 3 heterocycles. The SMILES string of the molecule is CC(C)c1nc(C2CCCN(C(=O)c3cnc[nH]3)C2)no1. The molecule has 1 aliphatic heterocycles. The summed E-state index contributed by atoms with van der Waals surface area (Å²) in [7, 11) is 0. The number of rotatable bonds is 3. The van der Waals surface area contributed by atoms with Crippen molar-refractivity contribution in [3.05, 3.63) is 29.9 Å². The molecule has 1 N–H and O–H groups in total. The van der Waals surface area contributed by atoms with Gasteiger partial charge in [-0.1, -0.05) is 19.0 Å². The number of piperidine rings is 1. The molecule has 0 saturated carbocycles. The molecule has 0 bridgehead atoms. The van der Waals surface area contributed by atoms with Crippen LogP contribution in [0.25, 0.3) is 0 Å². The summed E-state index contributed by atoms with van der Waals surface area (Å²) in [5.41, 5.74) is 0.520. The Balaban J connectivity index is 1.72. The minimum absolute atomic E-state index is 0.0234. The van der Waals surface area contributed by atoms with Crippen molar-refractivity contribution in [2.45, 2.75) is 38.5 Å². The third-order valence-corrected chi connectivity index (χ3v) is 3.75. The zero-order valence-electron chi connectivity index (χ0n) is 12.2. The Bertz CT molecular complexity index is 605. The lowest BCUT2D eigenvalue weighted by Crippen LogP contribution is -2.39. The number of amides is 1. The van der Waals surface area contributed by atoms with Crippen LogP contribution in [-0.2, 0) is 0 Å². The van der Waals surface area contributed by atoms with Gasteiger partial charge in [-0.3, -0.25) is 4.79 Å². The molecule has 2 aromatic rings. The van der Waals surface area contributed by atoms with E-state index in [1.807, 2.05) is 18.7 Å². The van der Waals surface area contributed by atoms with Crippen molar-refractivity contribution in [3.63, 3.8) is 0 Å². The molecule has 0 radical (unpaired) electrons. The topological polar surface area (TPSA) is 87.9 Å². The van der Waals surface area contributed by atoms with Crippen molar-refractivity contribution >= 4 is 5.91 Å². The maximum Gasteiger partial charge on any atom is 0.271 e. The number of aromatic nitrogens is 4. The maximum atomic E-state index is 12.3. The van der Waals surface area contributed by atoms with Gasteiger partial charge in [-0.25, -0.2) is 4.98 Å². The van der Waals surface area contributed by atoms with Gasteiger partial charge in [0.15, 0.2) is 5.82 Å². The Morgan fingerprint density at radius 2 is 2.38 bits per heavy atom. The second kappa shape index (κ2) is 5.67. The number of carbonyl (C=O) groups excluding carboxylic acids is 1. The summed E-state index contributed by atoms with van der Waals surface area (Å²) < 4.78 is 5.27. The molecule has 0 aromatic carbocycles. The molecule has 1 atom stereocenters. The Hall–Kier alpha value is -2.18. The standard InChI is InChI=1S/C14H19N5O2/c1-9(2)13-17-12(18-21-13)10-4-3-5-19(7-10)14(20)11-6-15-8-16-11/h6,8-10H,3-5,7H2,1-2H3,(H,15,16). The first-order valence-corrected chi connectivity index (χ1v) is 7.26. The van der Waals surface area contributed by atoms with E-state index in [0.717, 1.165) is 19.4 Å². The van der Waals surface area contributed by atoms with Gasteiger partial charge in [-0.15, -0.1) is 0 Å². The fraction of sp³-hybridized carbons (Fsp3) is 0.571. The lowest BCUT2D eigenvalue weighted by Gasteiger charge is -2.30. The third-order valence-electron chi connectivity index (χ3n) is 3.75. The van der Waals surface area contributed by atoms with Crippen molar-refractivity contribution < 1.29 is 9.32 Å². The molecule has 1 amide bonds. The fourth-order valence-corrected chi connectivity index (χ4v) is 2.56. The van der Waals surface area contributed by atoms with E-state index in [2.05, 4.69) is 20.1 Å². The van der Waals surface area contributed by atoms with Crippen LogP contribution >= 0.6 is 0 Å². The summed E-state index contributed by atoms with van der Waals surface area (Å²) in [5, 5.41) is 4.07. The van der Waals surface area contributed by atoms with Crippen LogP contribution in [0, 0.1) is 0 Å². The molecular weight excluding hydrogens is 270 g/mol. The number of nitrogens with zero attached hydrogens (tertiary/aromatic N) is 4. The van der Waals surface area contributed by atoms with E-state index in [1.165, 1.54) is 6.33 Å². The highest BCUT2D eigenvalue weighted by atomic mass is 16.5. The molecule has 1 saturated heterocycles. The minimum atomic E-state index is -0.0234. The second-order valence-corrected chi connectivity index (χ2v) is 5.70. The summed E-state index contributed by atoms with van der Waals surface area (Å²) >= 11 is 0. The van der Waals surface area contributed by atoms with E-state index >= 15 is 0 Å². The van der Waals surface area contributed by atoms with Crippen LogP contribution < -0.4 is 0 Å². The number of aromatic amines is 1. The highest BCUT2D eigenvalue weighted by Gasteiger charge is 2.29. The fourth-order valence-electron chi connectivity index (χ4n) is 2.56. The minimum Gasteiger partial charge on any atom is -0.341 e. The summed E-state index contributed by atoms with van der Waals surface area (Å²) in [6.07, 6.45) is 4.99. The Morgan fingerprint density at radius 1 is 1.52 bits per heavy atom. The van der Waals surface area contributed by atoms with Crippen LogP contribution in [0.4, 0.5) is 0 Å². The average Bonchev–Trinajstić information content (AvgIpc) is 3.18. The largest absolute Gasteiger partial charge is 0.341 e. The zero-order valence-corrected chi connectivity index (χ0v) is 12.2. The van der Waals surface area contributed by atoms with Gasteiger partial charge in [0.25, 0.3) is 5.91 Å². The lowest BCUT2D eigenvalue weighted by molar-refractivity contribution is 0.0698. The molecule has 1 unspecified atom stereocenters. The van der Waals surface area contributed by atoms with Gasteiger partial charge in [0, 0.05) is 24.9 Å². The predicted molar refractivity (Wildman–Crippen MR) is 74.9 cm³/mol. The van der Waals surface area contributed by atoms with Gasteiger partial charge in [-0.05, 0) is 12.8 Å². The molecule has 1 fully saturated rings. The molecule has 7 heteroatoms. The van der Waals surface area contributed by atoms with Crippen LogP contribution in [-0.4, -0.2) is 44.0 Å². The van der Waals surface area contributed by atoms with Gasteiger partial charge >= 0.3 is 0 Å². The zero-order chi connectivity index (χ0) is 14.8. The maximum absolute atomic E-state index is 12.3. The third kappa shape index (κ3) is 2.81. The average molecular weight is 289 g/mol. The van der Waals surface area contributed by atoms with Crippen molar-refractivity contribution in [1.82, 2.24) is 25.0 Å².